The van der Waals surface area contributed by atoms with Crippen LogP contribution in [0.15, 0.2) is 23.8 Å². The van der Waals surface area contributed by atoms with E-state index in [0.717, 1.165) is 18.4 Å². The number of allylic oxidation sites excluding steroid dienone is 4. The van der Waals surface area contributed by atoms with Gasteiger partial charge < -0.3 is 19.3 Å². The second kappa shape index (κ2) is 7.58. The van der Waals surface area contributed by atoms with Crippen LogP contribution in [0.4, 0.5) is 0 Å². The van der Waals surface area contributed by atoms with E-state index in [0.29, 0.717) is 25.9 Å². The van der Waals surface area contributed by atoms with E-state index >= 15 is 0 Å². The molecule has 3 saturated carbocycles. The molecule has 0 aromatic heterocycles. The van der Waals surface area contributed by atoms with Crippen LogP contribution in [0.1, 0.15) is 66.7 Å². The van der Waals surface area contributed by atoms with Gasteiger partial charge in [-0.1, -0.05) is 39.3 Å². The minimum absolute atomic E-state index is 0.0216. The van der Waals surface area contributed by atoms with Gasteiger partial charge in [0, 0.05) is 29.8 Å². The molecule has 4 aliphatic carbocycles. The molecule has 6 heteroatoms. The molecule has 1 N–H and O–H groups in total. The first kappa shape index (κ1) is 23.4. The third-order valence-corrected chi connectivity index (χ3v) is 9.94. The van der Waals surface area contributed by atoms with Gasteiger partial charge in [-0.25, -0.2) is 0 Å². The Morgan fingerprint density at radius 3 is 2.70 bits per heavy atom. The highest BCUT2D eigenvalue weighted by molar-refractivity contribution is 6.01. The van der Waals surface area contributed by atoms with E-state index < -0.39 is 23.1 Å². The number of carbonyl (C=O) groups excluding carboxylic acids is 2. The second-order valence-electron chi connectivity index (χ2n) is 11.4. The molecule has 4 fully saturated rings. The third kappa shape index (κ3) is 3.00. The van der Waals surface area contributed by atoms with Crippen molar-refractivity contribution in [2.45, 2.75) is 84.4 Å². The van der Waals surface area contributed by atoms with Crippen LogP contribution in [-0.4, -0.2) is 47.6 Å². The molecule has 1 aliphatic heterocycles. The van der Waals surface area contributed by atoms with E-state index in [4.69, 9.17) is 14.2 Å². The van der Waals surface area contributed by atoms with E-state index in [1.807, 2.05) is 19.9 Å². The summed E-state index contributed by atoms with van der Waals surface area (Å²) in [4.78, 5) is 25.7. The van der Waals surface area contributed by atoms with Crippen LogP contribution in [0.5, 0.6) is 0 Å². The molecule has 0 aromatic carbocycles. The maximum atomic E-state index is 13.5. The molecular formula is C27H38O6. The topological polar surface area (TPSA) is 82.1 Å². The summed E-state index contributed by atoms with van der Waals surface area (Å²) in [6.07, 6.45) is 8.31. The number of hydrogen-bond acceptors (Lipinski definition) is 6. The first-order chi connectivity index (χ1) is 15.6. The van der Waals surface area contributed by atoms with Crippen molar-refractivity contribution in [1.82, 2.24) is 0 Å². The zero-order valence-electron chi connectivity index (χ0n) is 20.6. The fraction of sp³-hybridized carbons (Fsp3) is 0.778. The van der Waals surface area contributed by atoms with Crippen molar-refractivity contribution in [3.8, 4) is 0 Å². The molecule has 9 atom stereocenters. The molecule has 0 bridgehead atoms. The Kier molecular flexibility index (Phi) is 5.37. The lowest BCUT2D eigenvalue weighted by Gasteiger charge is -2.62. The Bertz CT molecular complexity index is 924. The molecule has 5 rings (SSSR count). The highest BCUT2D eigenvalue weighted by Gasteiger charge is 2.72. The molecule has 5 aliphatic rings. The van der Waals surface area contributed by atoms with E-state index in [9.17, 15) is 14.7 Å². The summed E-state index contributed by atoms with van der Waals surface area (Å²) in [5.74, 6) is -0.435. The summed E-state index contributed by atoms with van der Waals surface area (Å²) >= 11 is 0. The van der Waals surface area contributed by atoms with Crippen molar-refractivity contribution >= 4 is 11.6 Å². The maximum Gasteiger partial charge on any atom is 0.283 e. The molecule has 6 nitrogen and oxygen atoms in total. The van der Waals surface area contributed by atoms with E-state index in [1.54, 1.807) is 12.2 Å². The minimum Gasteiger partial charge on any atom is -0.393 e. The quantitative estimate of drug-likeness (QED) is 0.689. The summed E-state index contributed by atoms with van der Waals surface area (Å²) in [6, 6.07) is 0. The molecule has 1 saturated heterocycles. The number of hydrogen-bond donors (Lipinski definition) is 1. The molecule has 33 heavy (non-hydrogen) atoms. The van der Waals surface area contributed by atoms with E-state index in [1.165, 1.54) is 0 Å². The lowest BCUT2D eigenvalue weighted by atomic mass is 9.44. The first-order valence-electron chi connectivity index (χ1n) is 12.7. The standard InChI is InChI=1S/C27H38O6/c1-6-27(31-7-2)32-15-22(30)26(33-27)11-9-19-18-12-16(3)20-13-17(28)8-10-24(20,4)23(18)21(29)14-25(19,26)5/h8,10,13,16,18-19,21,23,29H,6-7,9,11-12,14-15H2,1-5H3/t16-,18?,19?,21?,23?,24?,25?,26-,27?/m0/s1. The largest absolute Gasteiger partial charge is 0.393 e. The number of carbonyl (C=O) groups is 2. The molecule has 0 amide bonds. The van der Waals surface area contributed by atoms with Gasteiger partial charge in [-0.2, -0.15) is 0 Å². The summed E-state index contributed by atoms with van der Waals surface area (Å²) in [5, 5.41) is 11.7. The first-order valence-corrected chi connectivity index (χ1v) is 12.7. The predicted octanol–water partition coefficient (Wildman–Crippen LogP) is 3.97. The van der Waals surface area contributed by atoms with E-state index in [2.05, 4.69) is 20.8 Å². The summed E-state index contributed by atoms with van der Waals surface area (Å²) < 4.78 is 18.4. The van der Waals surface area contributed by atoms with Crippen LogP contribution >= 0.6 is 0 Å². The van der Waals surface area contributed by atoms with Gasteiger partial charge in [0.15, 0.2) is 11.6 Å². The minimum atomic E-state index is -1.21. The monoisotopic (exact) mass is 458 g/mol. The van der Waals surface area contributed by atoms with Gasteiger partial charge in [0.2, 0.25) is 0 Å². The highest BCUT2D eigenvalue weighted by Crippen LogP contribution is 2.69. The summed E-state index contributed by atoms with van der Waals surface area (Å²) in [5.41, 5.74) is -0.707. The molecule has 1 spiro atoms. The van der Waals surface area contributed by atoms with Crippen LogP contribution in [0.25, 0.3) is 0 Å². The zero-order chi connectivity index (χ0) is 23.8. The van der Waals surface area contributed by atoms with Crippen LogP contribution in [0, 0.1) is 34.5 Å². The second-order valence-corrected chi connectivity index (χ2v) is 11.4. The van der Waals surface area contributed by atoms with Crippen LogP contribution in [0.3, 0.4) is 0 Å². The molecule has 182 valence electrons. The lowest BCUT2D eigenvalue weighted by Crippen LogP contribution is -2.67. The Labute approximate surface area is 196 Å². The average molecular weight is 459 g/mol. The van der Waals surface area contributed by atoms with Crippen LogP contribution in [0.2, 0.25) is 0 Å². The number of ketones is 2. The highest BCUT2D eigenvalue weighted by atomic mass is 16.9. The molecular weight excluding hydrogens is 420 g/mol. The fourth-order valence-electron chi connectivity index (χ4n) is 8.57. The summed E-state index contributed by atoms with van der Waals surface area (Å²) in [7, 11) is 0. The Hall–Kier alpha value is -1.34. The third-order valence-electron chi connectivity index (χ3n) is 9.94. The van der Waals surface area contributed by atoms with Crippen molar-refractivity contribution in [2.75, 3.05) is 13.2 Å². The van der Waals surface area contributed by atoms with Gasteiger partial charge >= 0.3 is 0 Å². The van der Waals surface area contributed by atoms with Crippen molar-refractivity contribution < 1.29 is 28.9 Å². The fourth-order valence-corrected chi connectivity index (χ4v) is 8.57. The Morgan fingerprint density at radius 1 is 1.24 bits per heavy atom. The lowest BCUT2D eigenvalue weighted by molar-refractivity contribution is -0.430. The predicted molar refractivity (Wildman–Crippen MR) is 122 cm³/mol. The maximum absolute atomic E-state index is 13.5. The van der Waals surface area contributed by atoms with Crippen molar-refractivity contribution in [1.29, 1.82) is 0 Å². The number of rotatable bonds is 3. The smallest absolute Gasteiger partial charge is 0.283 e. The van der Waals surface area contributed by atoms with Gasteiger partial charge in [0.05, 0.1) is 6.10 Å². The van der Waals surface area contributed by atoms with Gasteiger partial charge in [0.25, 0.3) is 5.97 Å². The number of aliphatic hydroxyl groups excluding tert-OH is 1. The van der Waals surface area contributed by atoms with Crippen molar-refractivity contribution in [3.05, 3.63) is 23.8 Å². The van der Waals surface area contributed by atoms with Gasteiger partial charge in [-0.05, 0) is 62.5 Å². The van der Waals surface area contributed by atoms with Gasteiger partial charge in [0.1, 0.15) is 12.2 Å². The molecule has 7 unspecified atom stereocenters. The number of fused-ring (bicyclic) bond motifs is 6. The zero-order valence-corrected chi connectivity index (χ0v) is 20.6. The molecule has 1 heterocycles. The summed E-state index contributed by atoms with van der Waals surface area (Å²) in [6.45, 7) is 10.8. The van der Waals surface area contributed by atoms with Gasteiger partial charge in [-0.3, -0.25) is 9.59 Å². The normalized spacial score (nSPS) is 51.2. The van der Waals surface area contributed by atoms with Crippen molar-refractivity contribution in [3.63, 3.8) is 0 Å². The SMILES string of the molecule is CCOC1(CC)OCC(=O)[C@]2(CCC3C4C[C@H](C)C5=CC(=O)C=CC5(C)C4C(O)CC32C)O1. The number of aliphatic hydroxyl groups is 1. The van der Waals surface area contributed by atoms with Crippen LogP contribution < -0.4 is 0 Å². The van der Waals surface area contributed by atoms with Crippen LogP contribution in [-0.2, 0) is 23.8 Å². The molecule has 0 aromatic rings. The number of ether oxygens (including phenoxy) is 3. The Morgan fingerprint density at radius 2 is 2.00 bits per heavy atom. The van der Waals surface area contributed by atoms with Crippen molar-refractivity contribution in [2.24, 2.45) is 34.5 Å². The molecule has 0 radical (unpaired) electrons. The Balaban J connectivity index is 1.55. The number of Topliss-reactive ketones (excluding diaryl/α,β-unsaturated/α-hetero) is 1. The average Bonchev–Trinajstić information content (AvgIpc) is 3.04. The van der Waals surface area contributed by atoms with E-state index in [-0.39, 0.29) is 47.3 Å². The van der Waals surface area contributed by atoms with Gasteiger partial charge in [-0.15, -0.1) is 0 Å².